The summed E-state index contributed by atoms with van der Waals surface area (Å²) in [6, 6.07) is 28.5. The molecule has 0 aliphatic rings. The van der Waals surface area contributed by atoms with Crippen LogP contribution in [0.2, 0.25) is 0 Å². The molecule has 3 aromatic rings. The first-order valence-electron chi connectivity index (χ1n) is 9.75. The molecule has 144 valence electrons. The fourth-order valence-electron chi connectivity index (χ4n) is 3.19. The van der Waals surface area contributed by atoms with Crippen molar-refractivity contribution in [3.05, 3.63) is 102 Å². The lowest BCUT2D eigenvalue weighted by atomic mass is 9.96. The van der Waals surface area contributed by atoms with Crippen molar-refractivity contribution in [3.63, 3.8) is 0 Å². The van der Waals surface area contributed by atoms with Crippen LogP contribution in [-0.4, -0.2) is 5.91 Å². The van der Waals surface area contributed by atoms with E-state index in [9.17, 15) is 4.79 Å². The van der Waals surface area contributed by atoms with Gasteiger partial charge in [0.1, 0.15) is 0 Å². The summed E-state index contributed by atoms with van der Waals surface area (Å²) in [6.07, 6.45) is 0.912. The normalized spacial score (nSPS) is 12.0. The predicted molar refractivity (Wildman–Crippen MR) is 119 cm³/mol. The smallest absolute Gasteiger partial charge is 0.252 e. The van der Waals surface area contributed by atoms with Gasteiger partial charge in [-0.05, 0) is 35.6 Å². The molecule has 0 saturated carbocycles. The molecular weight excluding hydrogens is 362 g/mol. The third-order valence-electron chi connectivity index (χ3n) is 4.58. The van der Waals surface area contributed by atoms with Gasteiger partial charge in [0.15, 0.2) is 0 Å². The van der Waals surface area contributed by atoms with E-state index < -0.39 is 0 Å². The van der Waals surface area contributed by atoms with Gasteiger partial charge in [0.25, 0.3) is 5.91 Å². The van der Waals surface area contributed by atoms with E-state index in [2.05, 4.69) is 43.4 Å². The number of benzene rings is 3. The van der Waals surface area contributed by atoms with Crippen molar-refractivity contribution >= 4 is 17.7 Å². The highest BCUT2D eigenvalue weighted by atomic mass is 32.2. The molecule has 3 rings (SSSR count). The minimum atomic E-state index is -0.00864. The number of rotatable bonds is 8. The van der Waals surface area contributed by atoms with Gasteiger partial charge in [-0.25, -0.2) is 0 Å². The quantitative estimate of drug-likeness (QED) is 0.446. The van der Waals surface area contributed by atoms with Gasteiger partial charge in [-0.3, -0.25) is 4.79 Å². The summed E-state index contributed by atoms with van der Waals surface area (Å²) >= 11 is 1.70. The zero-order valence-electron chi connectivity index (χ0n) is 16.5. The molecule has 1 N–H and O–H groups in total. The molecule has 0 saturated heterocycles. The number of amides is 1. The van der Waals surface area contributed by atoms with Gasteiger partial charge in [0, 0.05) is 10.6 Å². The molecule has 28 heavy (non-hydrogen) atoms. The van der Waals surface area contributed by atoms with E-state index in [1.165, 1.54) is 5.56 Å². The van der Waals surface area contributed by atoms with Crippen LogP contribution >= 0.6 is 11.8 Å². The zero-order chi connectivity index (χ0) is 19.8. The van der Waals surface area contributed by atoms with E-state index in [1.54, 1.807) is 11.8 Å². The average molecular weight is 390 g/mol. The van der Waals surface area contributed by atoms with Crippen LogP contribution in [0, 0.1) is 5.92 Å². The second-order valence-electron chi connectivity index (χ2n) is 7.34. The maximum atomic E-state index is 13.1. The van der Waals surface area contributed by atoms with E-state index in [1.807, 2.05) is 60.7 Å². The minimum Gasteiger partial charge on any atom is -0.345 e. The predicted octanol–water partition coefficient (Wildman–Crippen LogP) is 6.50. The van der Waals surface area contributed by atoms with Crippen LogP contribution in [-0.2, 0) is 5.75 Å². The van der Waals surface area contributed by atoms with Crippen molar-refractivity contribution in [1.29, 1.82) is 0 Å². The molecule has 3 heteroatoms. The van der Waals surface area contributed by atoms with E-state index in [0.29, 0.717) is 5.92 Å². The lowest BCUT2D eigenvalue weighted by molar-refractivity contribution is 0.0929. The van der Waals surface area contributed by atoms with Crippen molar-refractivity contribution in [3.8, 4) is 0 Å². The number of carbonyl (C=O) groups excluding carboxylic acids is 1. The van der Waals surface area contributed by atoms with Gasteiger partial charge in [0.05, 0.1) is 11.6 Å². The summed E-state index contributed by atoms with van der Waals surface area (Å²) in [5, 5.41) is 3.27. The van der Waals surface area contributed by atoms with E-state index in [-0.39, 0.29) is 11.9 Å². The minimum absolute atomic E-state index is 0.00864. The van der Waals surface area contributed by atoms with Crippen LogP contribution in [0.1, 0.15) is 47.8 Å². The fourth-order valence-corrected chi connectivity index (χ4v) is 4.19. The molecule has 2 nitrogen and oxygen atoms in total. The van der Waals surface area contributed by atoms with Crippen molar-refractivity contribution < 1.29 is 4.79 Å². The topological polar surface area (TPSA) is 29.1 Å². The standard InChI is InChI=1S/C25H27NOS/c1-19(2)17-23(21-13-7-4-8-14-21)26-25(27)22-15-9-10-16-24(22)28-18-20-11-5-3-6-12-20/h3-16,19,23H,17-18H2,1-2H3,(H,26,27)/t23-/m0/s1. The highest BCUT2D eigenvalue weighted by Crippen LogP contribution is 2.28. The Labute approximate surface area is 172 Å². The van der Waals surface area contributed by atoms with Gasteiger partial charge < -0.3 is 5.32 Å². The van der Waals surface area contributed by atoms with Crippen molar-refractivity contribution in [2.75, 3.05) is 0 Å². The number of thioether (sulfide) groups is 1. The second kappa shape index (κ2) is 10.1. The third-order valence-corrected chi connectivity index (χ3v) is 5.73. The zero-order valence-corrected chi connectivity index (χ0v) is 17.3. The molecular formula is C25H27NOS. The molecule has 3 aromatic carbocycles. The van der Waals surface area contributed by atoms with Crippen LogP contribution in [0.15, 0.2) is 89.8 Å². The summed E-state index contributed by atoms with van der Waals surface area (Å²) in [5.41, 5.74) is 3.15. The number of hydrogen-bond acceptors (Lipinski definition) is 2. The third kappa shape index (κ3) is 5.74. The van der Waals surface area contributed by atoms with Crippen molar-refractivity contribution in [2.45, 2.75) is 37.0 Å². The molecule has 1 amide bonds. The average Bonchev–Trinajstić information content (AvgIpc) is 2.73. The summed E-state index contributed by atoms with van der Waals surface area (Å²) in [6.45, 7) is 4.37. The lowest BCUT2D eigenvalue weighted by Gasteiger charge is -2.22. The molecule has 1 atom stereocenters. The highest BCUT2D eigenvalue weighted by Gasteiger charge is 2.19. The number of carbonyl (C=O) groups is 1. The molecule has 0 aromatic heterocycles. The first-order chi connectivity index (χ1) is 13.6. The molecule has 0 heterocycles. The lowest BCUT2D eigenvalue weighted by Crippen LogP contribution is -2.29. The molecule has 0 spiro atoms. The summed E-state index contributed by atoms with van der Waals surface area (Å²) in [5.74, 6) is 1.33. The van der Waals surface area contributed by atoms with Crippen LogP contribution in [0.25, 0.3) is 0 Å². The molecule has 0 fully saturated rings. The van der Waals surface area contributed by atoms with E-state index in [4.69, 9.17) is 0 Å². The van der Waals surface area contributed by atoms with E-state index in [0.717, 1.165) is 28.2 Å². The van der Waals surface area contributed by atoms with Crippen LogP contribution in [0.5, 0.6) is 0 Å². The highest BCUT2D eigenvalue weighted by molar-refractivity contribution is 7.98. The second-order valence-corrected chi connectivity index (χ2v) is 8.35. The van der Waals surface area contributed by atoms with Crippen molar-refractivity contribution in [1.82, 2.24) is 5.32 Å². The Morgan fingerprint density at radius 2 is 1.46 bits per heavy atom. The van der Waals surface area contributed by atoms with Crippen LogP contribution in [0.3, 0.4) is 0 Å². The summed E-state index contributed by atoms with van der Waals surface area (Å²) < 4.78 is 0. The van der Waals surface area contributed by atoms with E-state index >= 15 is 0 Å². The Morgan fingerprint density at radius 1 is 0.857 bits per heavy atom. The Kier molecular flexibility index (Phi) is 7.32. The molecule has 0 radical (unpaired) electrons. The van der Waals surface area contributed by atoms with Gasteiger partial charge in [-0.15, -0.1) is 11.8 Å². The maximum Gasteiger partial charge on any atom is 0.252 e. The largest absolute Gasteiger partial charge is 0.345 e. The first kappa shape index (κ1) is 20.2. The Bertz CT molecular complexity index is 877. The fraction of sp³-hybridized carbons (Fsp3) is 0.240. The number of hydrogen-bond donors (Lipinski definition) is 1. The van der Waals surface area contributed by atoms with Crippen LogP contribution in [0.4, 0.5) is 0 Å². The van der Waals surface area contributed by atoms with Gasteiger partial charge in [-0.1, -0.05) is 86.6 Å². The monoisotopic (exact) mass is 389 g/mol. The van der Waals surface area contributed by atoms with Crippen LogP contribution < -0.4 is 5.32 Å². The Balaban J connectivity index is 1.75. The SMILES string of the molecule is CC(C)C[C@H](NC(=O)c1ccccc1SCc1ccccc1)c1ccccc1. The summed E-state index contributed by atoms with van der Waals surface area (Å²) in [4.78, 5) is 14.1. The molecule has 0 aliphatic carbocycles. The maximum absolute atomic E-state index is 13.1. The molecule has 0 unspecified atom stereocenters. The Hall–Kier alpha value is -2.52. The molecule has 0 bridgehead atoms. The van der Waals surface area contributed by atoms with Gasteiger partial charge in [0.2, 0.25) is 0 Å². The Morgan fingerprint density at radius 3 is 2.14 bits per heavy atom. The van der Waals surface area contributed by atoms with Gasteiger partial charge >= 0.3 is 0 Å². The summed E-state index contributed by atoms with van der Waals surface area (Å²) in [7, 11) is 0. The number of nitrogens with one attached hydrogen (secondary N) is 1. The van der Waals surface area contributed by atoms with Gasteiger partial charge in [-0.2, -0.15) is 0 Å². The first-order valence-corrected chi connectivity index (χ1v) is 10.7. The molecule has 0 aliphatic heterocycles. The van der Waals surface area contributed by atoms with Crippen molar-refractivity contribution in [2.24, 2.45) is 5.92 Å².